The zero-order valence-electron chi connectivity index (χ0n) is 13.9. The number of hydrogen-bond acceptors (Lipinski definition) is 5. The number of carbonyl (C=O) groups is 2. The predicted octanol–water partition coefficient (Wildman–Crippen LogP) is 1.60. The summed E-state index contributed by atoms with van der Waals surface area (Å²) in [6.07, 6.45) is 0.677. The van der Waals surface area contributed by atoms with Gasteiger partial charge in [-0.2, -0.15) is 10.5 Å². The quantitative estimate of drug-likeness (QED) is 0.884. The molecule has 1 aromatic heterocycles. The molecule has 0 unspecified atom stereocenters. The third kappa shape index (κ3) is 3.53. The van der Waals surface area contributed by atoms with E-state index in [9.17, 15) is 23.6 Å². The van der Waals surface area contributed by atoms with Gasteiger partial charge in [0.15, 0.2) is 0 Å². The monoisotopic (exact) mass is 369 g/mol. The van der Waals surface area contributed by atoms with Crippen molar-refractivity contribution in [3.8, 4) is 12.1 Å². The van der Waals surface area contributed by atoms with Gasteiger partial charge in [-0.3, -0.25) is 14.6 Å². The molecule has 7 nitrogen and oxygen atoms in total. The number of nitrogens with one attached hydrogen (secondary N) is 1. The highest BCUT2D eigenvalue weighted by Crippen LogP contribution is 2.31. The van der Waals surface area contributed by atoms with E-state index in [1.54, 1.807) is 18.2 Å². The highest BCUT2D eigenvalue weighted by atomic mass is 19.3. The Hall–Kier alpha value is -3.59. The molecule has 2 heterocycles. The van der Waals surface area contributed by atoms with Crippen LogP contribution in [0.15, 0.2) is 30.5 Å². The minimum Gasteiger partial charge on any atom is -0.343 e. The van der Waals surface area contributed by atoms with E-state index in [4.69, 9.17) is 5.26 Å². The normalized spacial score (nSPS) is 17.9. The molecular weight excluding hydrogens is 356 g/mol. The first-order valence-corrected chi connectivity index (χ1v) is 7.99. The number of carbonyl (C=O) groups excluding carboxylic acids is 2. The highest BCUT2D eigenvalue weighted by molar-refractivity contribution is 6.08. The Labute approximate surface area is 152 Å². The van der Waals surface area contributed by atoms with Crippen molar-refractivity contribution in [1.29, 1.82) is 10.5 Å². The van der Waals surface area contributed by atoms with Crippen LogP contribution in [0.3, 0.4) is 0 Å². The predicted molar refractivity (Wildman–Crippen MR) is 89.5 cm³/mol. The average Bonchev–Trinajstić information content (AvgIpc) is 2.99. The maximum absolute atomic E-state index is 13.4. The Morgan fingerprint density at radius 2 is 2.11 bits per heavy atom. The SMILES string of the molecule is N#Cc1cccc2nccc(C(=O)NCC(=O)N3CC(F)(F)C[C@H]3C#N)c12. The lowest BCUT2D eigenvalue weighted by Gasteiger charge is -2.19. The Balaban J connectivity index is 1.78. The van der Waals surface area contributed by atoms with Gasteiger partial charge >= 0.3 is 0 Å². The van der Waals surface area contributed by atoms with E-state index < -0.39 is 43.3 Å². The first-order valence-electron chi connectivity index (χ1n) is 7.99. The van der Waals surface area contributed by atoms with Gasteiger partial charge in [0.1, 0.15) is 6.04 Å². The summed E-state index contributed by atoms with van der Waals surface area (Å²) in [5.41, 5.74) is 0.839. The number of amides is 2. The maximum atomic E-state index is 13.4. The molecule has 0 aliphatic carbocycles. The molecule has 1 aliphatic heterocycles. The fourth-order valence-electron chi connectivity index (χ4n) is 3.04. The number of hydrogen-bond donors (Lipinski definition) is 1. The zero-order valence-corrected chi connectivity index (χ0v) is 13.9. The van der Waals surface area contributed by atoms with E-state index >= 15 is 0 Å². The lowest BCUT2D eigenvalue weighted by molar-refractivity contribution is -0.131. The van der Waals surface area contributed by atoms with Gasteiger partial charge in [0, 0.05) is 18.0 Å². The van der Waals surface area contributed by atoms with Crippen LogP contribution in [0.25, 0.3) is 10.9 Å². The molecule has 1 aromatic carbocycles. The fraction of sp³-hybridized carbons (Fsp3) is 0.278. The number of aromatic nitrogens is 1. The van der Waals surface area contributed by atoms with Crippen LogP contribution < -0.4 is 5.32 Å². The standard InChI is InChI=1S/C18H13F2N5O2/c19-18(20)6-12(8-22)25(10-18)15(26)9-24-17(27)13-4-5-23-14-3-1-2-11(7-21)16(13)14/h1-5,12H,6,9-10H2,(H,24,27)/t12-/m0/s1. The first-order chi connectivity index (χ1) is 12.9. The Kier molecular flexibility index (Phi) is 4.70. The lowest BCUT2D eigenvalue weighted by atomic mass is 10.0. The van der Waals surface area contributed by atoms with E-state index in [1.807, 2.05) is 6.07 Å². The van der Waals surface area contributed by atoms with Crippen LogP contribution in [0.5, 0.6) is 0 Å². The Morgan fingerprint density at radius 1 is 1.33 bits per heavy atom. The topological polar surface area (TPSA) is 110 Å². The molecule has 3 rings (SSSR count). The Morgan fingerprint density at radius 3 is 2.81 bits per heavy atom. The molecule has 1 fully saturated rings. The van der Waals surface area contributed by atoms with Gasteiger partial charge in [0.25, 0.3) is 11.8 Å². The molecule has 9 heteroatoms. The molecular formula is C18H13F2N5O2. The van der Waals surface area contributed by atoms with Gasteiger partial charge < -0.3 is 10.2 Å². The number of likely N-dealkylation sites (tertiary alicyclic amines) is 1. The van der Waals surface area contributed by atoms with Crippen LogP contribution in [-0.2, 0) is 4.79 Å². The molecule has 1 aliphatic rings. The van der Waals surface area contributed by atoms with Crippen molar-refractivity contribution in [2.75, 3.05) is 13.1 Å². The van der Waals surface area contributed by atoms with Crippen molar-refractivity contribution in [1.82, 2.24) is 15.2 Å². The molecule has 136 valence electrons. The van der Waals surface area contributed by atoms with Gasteiger partial charge in [-0.1, -0.05) is 6.07 Å². The number of alkyl halides is 2. The van der Waals surface area contributed by atoms with Crippen molar-refractivity contribution >= 4 is 22.7 Å². The minimum atomic E-state index is -3.12. The molecule has 1 N–H and O–H groups in total. The summed E-state index contributed by atoms with van der Waals surface area (Å²) in [5, 5.41) is 20.9. The molecule has 0 radical (unpaired) electrons. The van der Waals surface area contributed by atoms with Crippen molar-refractivity contribution in [2.45, 2.75) is 18.4 Å². The summed E-state index contributed by atoms with van der Waals surface area (Å²) in [4.78, 5) is 29.6. The molecule has 0 spiro atoms. The summed E-state index contributed by atoms with van der Waals surface area (Å²) in [5.74, 6) is -4.54. The van der Waals surface area contributed by atoms with E-state index in [0.29, 0.717) is 10.9 Å². The van der Waals surface area contributed by atoms with Crippen molar-refractivity contribution in [3.05, 3.63) is 41.6 Å². The van der Waals surface area contributed by atoms with Gasteiger partial charge in [-0.25, -0.2) is 8.78 Å². The molecule has 1 saturated heterocycles. The van der Waals surface area contributed by atoms with Gasteiger partial charge in [0.2, 0.25) is 5.91 Å². The van der Waals surface area contributed by atoms with E-state index in [-0.39, 0.29) is 11.1 Å². The van der Waals surface area contributed by atoms with Crippen molar-refractivity contribution < 1.29 is 18.4 Å². The van der Waals surface area contributed by atoms with Gasteiger partial charge in [-0.15, -0.1) is 0 Å². The van der Waals surface area contributed by atoms with Crippen molar-refractivity contribution in [3.63, 3.8) is 0 Å². The summed E-state index contributed by atoms with van der Waals surface area (Å²) in [6.45, 7) is -1.39. The number of fused-ring (bicyclic) bond motifs is 1. The second kappa shape index (κ2) is 6.96. The zero-order chi connectivity index (χ0) is 19.6. The third-order valence-corrected chi connectivity index (χ3v) is 4.27. The van der Waals surface area contributed by atoms with E-state index in [1.165, 1.54) is 18.3 Å². The average molecular weight is 369 g/mol. The van der Waals surface area contributed by atoms with Crippen LogP contribution in [0.4, 0.5) is 8.78 Å². The van der Waals surface area contributed by atoms with E-state index in [0.717, 1.165) is 4.90 Å². The summed E-state index contributed by atoms with van der Waals surface area (Å²) < 4.78 is 26.9. The van der Waals surface area contributed by atoms with Crippen LogP contribution in [-0.4, -0.2) is 46.8 Å². The number of benzene rings is 1. The summed E-state index contributed by atoms with van der Waals surface area (Å²) in [7, 11) is 0. The molecule has 0 saturated carbocycles. The van der Waals surface area contributed by atoms with Crippen LogP contribution in [0.1, 0.15) is 22.3 Å². The highest BCUT2D eigenvalue weighted by Gasteiger charge is 2.47. The second-order valence-electron chi connectivity index (χ2n) is 6.08. The van der Waals surface area contributed by atoms with Crippen LogP contribution in [0, 0.1) is 22.7 Å². The summed E-state index contributed by atoms with van der Waals surface area (Å²) in [6, 6.07) is 8.65. The van der Waals surface area contributed by atoms with Crippen LogP contribution >= 0.6 is 0 Å². The third-order valence-electron chi connectivity index (χ3n) is 4.27. The largest absolute Gasteiger partial charge is 0.343 e. The van der Waals surface area contributed by atoms with Crippen molar-refractivity contribution in [2.24, 2.45) is 0 Å². The number of nitriles is 2. The lowest BCUT2D eigenvalue weighted by Crippen LogP contribution is -2.43. The first kappa shape index (κ1) is 18.2. The number of pyridine rings is 1. The molecule has 27 heavy (non-hydrogen) atoms. The molecule has 1 atom stereocenters. The second-order valence-corrected chi connectivity index (χ2v) is 6.08. The number of rotatable bonds is 3. The van der Waals surface area contributed by atoms with Gasteiger partial charge in [0.05, 0.1) is 41.9 Å². The van der Waals surface area contributed by atoms with Crippen LogP contribution in [0.2, 0.25) is 0 Å². The molecule has 2 aromatic rings. The summed E-state index contributed by atoms with van der Waals surface area (Å²) >= 11 is 0. The maximum Gasteiger partial charge on any atom is 0.268 e. The minimum absolute atomic E-state index is 0.147. The molecule has 0 bridgehead atoms. The van der Waals surface area contributed by atoms with Gasteiger partial charge in [-0.05, 0) is 18.2 Å². The number of halogens is 2. The fourth-order valence-corrected chi connectivity index (χ4v) is 3.04. The smallest absolute Gasteiger partial charge is 0.268 e. The Bertz CT molecular complexity index is 1000. The molecule has 2 amide bonds. The number of nitrogens with zero attached hydrogens (tertiary/aromatic N) is 4. The van der Waals surface area contributed by atoms with E-state index in [2.05, 4.69) is 10.3 Å².